The zero-order valence-corrected chi connectivity index (χ0v) is 10.7. The minimum atomic E-state index is -0.448. The second-order valence-electron chi connectivity index (χ2n) is 5.19. The fourth-order valence-corrected chi connectivity index (χ4v) is 3.83. The van der Waals surface area contributed by atoms with Crippen LogP contribution in [0, 0.1) is 5.92 Å². The third-order valence-electron chi connectivity index (χ3n) is 4.12. The van der Waals surface area contributed by atoms with E-state index in [9.17, 15) is 0 Å². The van der Waals surface area contributed by atoms with Gasteiger partial charge in [0.1, 0.15) is 6.29 Å². The summed E-state index contributed by atoms with van der Waals surface area (Å²) in [7, 11) is 0. The first-order chi connectivity index (χ1) is 7.65. The van der Waals surface area contributed by atoms with Crippen molar-refractivity contribution in [2.24, 2.45) is 17.4 Å². The van der Waals surface area contributed by atoms with Crippen LogP contribution < -0.4 is 22.1 Å². The number of rotatable bonds is 3. The maximum atomic E-state index is 5.73. The molecule has 0 spiro atoms. The van der Waals surface area contributed by atoms with Gasteiger partial charge in [0.2, 0.25) is 0 Å². The molecule has 2 aliphatic rings. The van der Waals surface area contributed by atoms with E-state index in [0.29, 0.717) is 11.2 Å². The van der Waals surface area contributed by atoms with Crippen LogP contribution in [-0.2, 0) is 0 Å². The second-order valence-corrected chi connectivity index (χ2v) is 5.82. The van der Waals surface area contributed by atoms with Gasteiger partial charge in [-0.05, 0) is 18.8 Å². The van der Waals surface area contributed by atoms with Crippen molar-refractivity contribution in [3.05, 3.63) is 0 Å². The van der Waals surface area contributed by atoms with Crippen molar-refractivity contribution < 1.29 is 0 Å². The van der Waals surface area contributed by atoms with Crippen molar-refractivity contribution in [3.8, 4) is 0 Å². The molecule has 0 radical (unpaired) electrons. The van der Waals surface area contributed by atoms with Crippen molar-refractivity contribution >= 4 is 12.6 Å². The molecule has 2 fully saturated rings. The Labute approximate surface area is 103 Å². The fourth-order valence-electron chi connectivity index (χ4n) is 3.33. The number of nitrogens with one attached hydrogen (secondary N) is 2. The molecule has 1 saturated heterocycles. The molecule has 0 bridgehead atoms. The topological polar surface area (TPSA) is 76.1 Å². The minimum absolute atomic E-state index is 0.00228. The summed E-state index contributed by atoms with van der Waals surface area (Å²) in [6.07, 6.45) is 6.13. The highest BCUT2D eigenvalue weighted by Gasteiger charge is 2.47. The summed E-state index contributed by atoms with van der Waals surface area (Å²) in [5.74, 6) is 0.661. The predicted molar refractivity (Wildman–Crippen MR) is 70.2 cm³/mol. The first kappa shape index (κ1) is 12.6. The smallest absolute Gasteiger partial charge is 0.107 e. The Morgan fingerprint density at radius 3 is 2.44 bits per heavy atom. The summed E-state index contributed by atoms with van der Waals surface area (Å²) in [6.45, 7) is 1.88. The van der Waals surface area contributed by atoms with Gasteiger partial charge in [-0.3, -0.25) is 5.32 Å². The van der Waals surface area contributed by atoms with Gasteiger partial charge in [0.15, 0.2) is 0 Å². The highest BCUT2D eigenvalue weighted by atomic mass is 32.1. The molecule has 1 heterocycles. The van der Waals surface area contributed by atoms with Gasteiger partial charge >= 0.3 is 0 Å². The molecule has 0 amide bonds. The number of hydrogen-bond donors (Lipinski definition) is 5. The van der Waals surface area contributed by atoms with Crippen LogP contribution in [0.4, 0.5) is 0 Å². The highest BCUT2D eigenvalue weighted by Crippen LogP contribution is 2.38. The normalized spacial score (nSPS) is 37.1. The van der Waals surface area contributed by atoms with Crippen LogP contribution in [0.3, 0.4) is 0 Å². The molecular weight excluding hydrogens is 220 g/mol. The molecule has 1 aliphatic heterocycles. The van der Waals surface area contributed by atoms with Crippen LogP contribution >= 0.6 is 12.6 Å². The van der Waals surface area contributed by atoms with Crippen molar-refractivity contribution in [2.45, 2.75) is 49.2 Å². The summed E-state index contributed by atoms with van der Waals surface area (Å²) in [6, 6.07) is 0. The van der Waals surface area contributed by atoms with Gasteiger partial charge in [-0.2, -0.15) is 12.6 Å². The largest absolute Gasteiger partial charge is 0.314 e. The maximum Gasteiger partial charge on any atom is 0.107 e. The van der Waals surface area contributed by atoms with Gasteiger partial charge in [0, 0.05) is 23.9 Å². The predicted octanol–water partition coefficient (Wildman–Crippen LogP) is -0.00230. The molecule has 0 aromatic carbocycles. The van der Waals surface area contributed by atoms with Crippen LogP contribution in [0.2, 0.25) is 0 Å². The molecule has 6 N–H and O–H groups in total. The van der Waals surface area contributed by atoms with Crippen molar-refractivity contribution in [2.75, 3.05) is 13.1 Å². The summed E-state index contributed by atoms with van der Waals surface area (Å²) in [5.41, 5.74) is 11.5. The molecule has 94 valence electrons. The van der Waals surface area contributed by atoms with E-state index in [2.05, 4.69) is 10.6 Å². The molecule has 5 heteroatoms. The number of hydrogen-bond acceptors (Lipinski definition) is 5. The minimum Gasteiger partial charge on any atom is -0.314 e. The van der Waals surface area contributed by atoms with Gasteiger partial charge in [0.05, 0.1) is 0 Å². The molecular formula is C11H24N4S. The third kappa shape index (κ3) is 2.38. The Bertz CT molecular complexity index is 230. The Kier molecular flexibility index (Phi) is 4.13. The molecule has 2 rings (SSSR count). The molecule has 0 aromatic rings. The molecule has 0 aromatic heterocycles. The Morgan fingerprint density at radius 2 is 1.94 bits per heavy atom. The van der Waals surface area contributed by atoms with Crippen molar-refractivity contribution in [1.29, 1.82) is 0 Å². The van der Waals surface area contributed by atoms with Crippen LogP contribution in [0.1, 0.15) is 32.1 Å². The average Bonchev–Trinajstić information content (AvgIpc) is 2.62. The van der Waals surface area contributed by atoms with Crippen LogP contribution in [0.15, 0.2) is 0 Å². The lowest BCUT2D eigenvalue weighted by Gasteiger charge is -2.44. The van der Waals surface area contributed by atoms with Crippen LogP contribution in [0.25, 0.3) is 0 Å². The molecule has 16 heavy (non-hydrogen) atoms. The number of nitrogens with two attached hydrogens (primary N) is 2. The van der Waals surface area contributed by atoms with Crippen molar-refractivity contribution in [3.63, 3.8) is 0 Å². The summed E-state index contributed by atoms with van der Waals surface area (Å²) < 4.78 is 0. The molecule has 2 unspecified atom stereocenters. The lowest BCUT2D eigenvalue weighted by molar-refractivity contribution is 0.166. The van der Waals surface area contributed by atoms with E-state index < -0.39 is 6.29 Å². The quantitative estimate of drug-likeness (QED) is 0.358. The molecule has 1 aliphatic carbocycles. The molecule has 2 atom stereocenters. The van der Waals surface area contributed by atoms with Crippen LogP contribution in [0.5, 0.6) is 0 Å². The second kappa shape index (κ2) is 5.23. The first-order valence-corrected chi connectivity index (χ1v) is 6.84. The third-order valence-corrected chi connectivity index (χ3v) is 4.76. The van der Waals surface area contributed by atoms with Gasteiger partial charge in [-0.25, -0.2) is 0 Å². The average molecular weight is 244 g/mol. The van der Waals surface area contributed by atoms with E-state index in [4.69, 9.17) is 24.1 Å². The number of thiol groups is 1. The highest BCUT2D eigenvalue weighted by molar-refractivity contribution is 7.81. The van der Waals surface area contributed by atoms with Gasteiger partial charge in [0.25, 0.3) is 0 Å². The monoisotopic (exact) mass is 244 g/mol. The summed E-state index contributed by atoms with van der Waals surface area (Å²) in [5, 5.41) is 7.12. The summed E-state index contributed by atoms with van der Waals surface area (Å²) >= 11 is 4.72. The van der Waals surface area contributed by atoms with Gasteiger partial charge in [-0.15, -0.1) is 0 Å². The van der Waals surface area contributed by atoms with Gasteiger partial charge < -0.3 is 16.8 Å². The Hall–Kier alpha value is 0.190. The molecule has 1 saturated carbocycles. The SMILES string of the molecule is NC(N)NC1(C2CCCCC2)CNCC1S. The lowest BCUT2D eigenvalue weighted by atomic mass is 9.73. The van der Waals surface area contributed by atoms with E-state index in [1.807, 2.05) is 0 Å². The lowest BCUT2D eigenvalue weighted by Crippen LogP contribution is -2.65. The molecule has 4 nitrogen and oxygen atoms in total. The Balaban J connectivity index is 2.12. The standard InChI is InChI=1S/C11H24N4S/c12-10(13)15-11(7-14-6-9(11)16)8-4-2-1-3-5-8/h8-10,14-16H,1-7,12-13H2. The van der Waals surface area contributed by atoms with E-state index in [1.165, 1.54) is 32.1 Å². The van der Waals surface area contributed by atoms with Gasteiger partial charge in [-0.1, -0.05) is 19.3 Å². The van der Waals surface area contributed by atoms with E-state index in [0.717, 1.165) is 13.1 Å². The van der Waals surface area contributed by atoms with Crippen LogP contribution in [-0.4, -0.2) is 30.2 Å². The van der Waals surface area contributed by atoms with E-state index in [-0.39, 0.29) is 5.54 Å². The van der Waals surface area contributed by atoms with E-state index >= 15 is 0 Å². The first-order valence-electron chi connectivity index (χ1n) is 6.33. The zero-order valence-electron chi connectivity index (χ0n) is 9.78. The zero-order chi connectivity index (χ0) is 11.6. The van der Waals surface area contributed by atoms with Crippen molar-refractivity contribution in [1.82, 2.24) is 10.6 Å². The Morgan fingerprint density at radius 1 is 1.25 bits per heavy atom. The summed E-state index contributed by atoms with van der Waals surface area (Å²) in [4.78, 5) is 0. The fraction of sp³-hybridized carbons (Fsp3) is 1.00. The van der Waals surface area contributed by atoms with E-state index in [1.54, 1.807) is 0 Å². The maximum absolute atomic E-state index is 5.73.